The van der Waals surface area contributed by atoms with Gasteiger partial charge >= 0.3 is 0 Å². The van der Waals surface area contributed by atoms with Crippen molar-refractivity contribution in [1.82, 2.24) is 14.9 Å². The maximum Gasteiger partial charge on any atom is 0.255 e. The number of nitrogens with two attached hydrogens (primary N) is 1. The Hall–Kier alpha value is -4.18. The molecule has 2 aromatic heterocycles. The first-order valence-electron chi connectivity index (χ1n) is 14.2. The van der Waals surface area contributed by atoms with Crippen LogP contribution >= 0.6 is 23.4 Å². The Morgan fingerprint density at radius 2 is 1.84 bits per heavy atom. The molecule has 10 heteroatoms. The molecule has 0 unspecified atom stereocenters. The molecular weight excluding hydrogens is 599 g/mol. The smallest absolute Gasteiger partial charge is 0.255 e. The normalized spacial score (nSPS) is 13.4. The van der Waals surface area contributed by atoms with Crippen LogP contribution in [0.2, 0.25) is 5.02 Å². The van der Waals surface area contributed by atoms with E-state index in [1.807, 2.05) is 49.4 Å². The number of amides is 1. The molecule has 3 heterocycles. The highest BCUT2D eigenvalue weighted by atomic mass is 35.5. The predicted octanol–water partition coefficient (Wildman–Crippen LogP) is 6.75. The van der Waals surface area contributed by atoms with Crippen molar-refractivity contribution in [3.63, 3.8) is 0 Å². The molecule has 0 radical (unpaired) electrons. The molecule has 0 spiro atoms. The molecule has 7 nitrogen and oxygen atoms in total. The monoisotopic (exact) mass is 628 g/mol. The maximum atomic E-state index is 14.2. The predicted molar refractivity (Wildman–Crippen MR) is 175 cm³/mol. The average Bonchev–Trinajstić information content (AvgIpc) is 3.02. The summed E-state index contributed by atoms with van der Waals surface area (Å²) in [6.07, 6.45) is 2.18. The van der Waals surface area contributed by atoms with Crippen molar-refractivity contribution in [3.05, 3.63) is 111 Å². The molecule has 6 rings (SSSR count). The van der Waals surface area contributed by atoms with Gasteiger partial charge in [0.2, 0.25) is 0 Å². The summed E-state index contributed by atoms with van der Waals surface area (Å²) in [6.45, 7) is 3.94. The third-order valence-electron chi connectivity index (χ3n) is 7.68. The van der Waals surface area contributed by atoms with Gasteiger partial charge in [-0.15, -0.1) is 11.8 Å². The molecule has 0 aliphatic carbocycles. The number of carbonyl (C=O) groups excluding carboxylic acids is 1. The number of pyridine rings is 2. The van der Waals surface area contributed by atoms with Gasteiger partial charge in [-0.2, -0.15) is 0 Å². The van der Waals surface area contributed by atoms with Crippen molar-refractivity contribution in [1.29, 1.82) is 0 Å². The largest absolute Gasteiger partial charge is 0.383 e. The van der Waals surface area contributed by atoms with Crippen LogP contribution in [-0.4, -0.2) is 52.8 Å². The molecular formula is C34H30ClFN4O3S. The summed E-state index contributed by atoms with van der Waals surface area (Å²) in [5.74, 6) is 0.542. The average molecular weight is 629 g/mol. The summed E-state index contributed by atoms with van der Waals surface area (Å²) in [7, 11) is 0. The lowest BCUT2D eigenvalue weighted by molar-refractivity contribution is 0.0303. The van der Waals surface area contributed by atoms with Crippen LogP contribution in [0.3, 0.4) is 0 Å². The second-order valence-electron chi connectivity index (χ2n) is 10.7. The molecule has 1 aliphatic heterocycles. The number of nitrogen functional groups attached to an aromatic ring is 1. The van der Waals surface area contributed by atoms with Crippen LogP contribution in [0, 0.1) is 12.7 Å². The van der Waals surface area contributed by atoms with Crippen molar-refractivity contribution in [3.8, 4) is 22.3 Å². The van der Waals surface area contributed by atoms with Gasteiger partial charge in [-0.3, -0.25) is 9.59 Å². The molecule has 1 amide bonds. The Balaban J connectivity index is 1.25. The number of morpholine rings is 1. The van der Waals surface area contributed by atoms with Gasteiger partial charge in [0.1, 0.15) is 11.6 Å². The van der Waals surface area contributed by atoms with E-state index in [0.29, 0.717) is 70.9 Å². The lowest BCUT2D eigenvalue weighted by atomic mass is 9.99. The zero-order valence-electron chi connectivity index (χ0n) is 24.0. The first-order chi connectivity index (χ1) is 21.3. The fourth-order valence-corrected chi connectivity index (χ4v) is 6.44. The highest BCUT2D eigenvalue weighted by Crippen LogP contribution is 2.33. The SMILES string of the molecule is Cc1ccc(SCCc2cc(-c3ccc4nc(N)c(-c5ccc(C(=O)N6CCOCC6)c(Cl)c5)cc4c3)c[nH]c2=O)c(F)c1. The van der Waals surface area contributed by atoms with E-state index in [0.717, 1.165) is 33.2 Å². The van der Waals surface area contributed by atoms with Gasteiger partial charge < -0.3 is 20.4 Å². The molecule has 3 N–H and O–H groups in total. The summed E-state index contributed by atoms with van der Waals surface area (Å²) in [4.78, 5) is 35.3. The number of benzene rings is 3. The van der Waals surface area contributed by atoms with Crippen molar-refractivity contribution in [2.45, 2.75) is 18.2 Å². The summed E-state index contributed by atoms with van der Waals surface area (Å²) in [5.41, 5.74) is 12.0. The Labute approximate surface area is 263 Å². The number of nitrogens with zero attached hydrogens (tertiary/aromatic N) is 2. The van der Waals surface area contributed by atoms with Gasteiger partial charge in [-0.25, -0.2) is 9.37 Å². The van der Waals surface area contributed by atoms with Gasteiger partial charge in [-0.1, -0.05) is 29.8 Å². The fraction of sp³-hybridized carbons (Fsp3) is 0.206. The number of H-pyrrole nitrogens is 1. The minimum Gasteiger partial charge on any atom is -0.383 e. The van der Waals surface area contributed by atoms with E-state index in [9.17, 15) is 14.0 Å². The number of carbonyl (C=O) groups is 1. The van der Waals surface area contributed by atoms with Gasteiger partial charge in [0, 0.05) is 46.4 Å². The molecule has 1 saturated heterocycles. The van der Waals surface area contributed by atoms with Crippen LogP contribution in [0.5, 0.6) is 0 Å². The van der Waals surface area contributed by atoms with E-state index in [1.165, 1.54) is 17.8 Å². The molecule has 0 atom stereocenters. The quantitative estimate of drug-likeness (QED) is 0.193. The van der Waals surface area contributed by atoms with E-state index >= 15 is 0 Å². The van der Waals surface area contributed by atoms with E-state index in [1.54, 1.807) is 29.3 Å². The summed E-state index contributed by atoms with van der Waals surface area (Å²) < 4.78 is 19.6. The molecule has 1 fully saturated rings. The van der Waals surface area contributed by atoms with E-state index < -0.39 is 0 Å². The van der Waals surface area contributed by atoms with Crippen LogP contribution in [0.15, 0.2) is 82.6 Å². The number of hydrogen-bond acceptors (Lipinski definition) is 6. The van der Waals surface area contributed by atoms with E-state index in [2.05, 4.69) is 9.97 Å². The Bertz CT molecular complexity index is 1940. The van der Waals surface area contributed by atoms with Crippen molar-refractivity contribution in [2.75, 3.05) is 37.8 Å². The number of aromatic nitrogens is 2. The van der Waals surface area contributed by atoms with Gasteiger partial charge in [0.25, 0.3) is 11.5 Å². The number of aryl methyl sites for hydroxylation is 2. The van der Waals surface area contributed by atoms with Crippen LogP contribution in [0.1, 0.15) is 21.5 Å². The van der Waals surface area contributed by atoms with Crippen molar-refractivity contribution in [2.24, 2.45) is 0 Å². The molecule has 0 saturated carbocycles. The standard InChI is InChI=1S/C34H30ClFN4O3S/c1-20-2-7-31(29(36)14-20)44-13-8-23-16-25(19-38-33(23)41)21-4-6-30-24(15-21)17-27(32(37)39-30)22-3-5-26(28(35)18-22)34(42)40-9-11-43-12-10-40/h2-7,14-19H,8-13H2,1H3,(H2,37,39)(H,38,41). The highest BCUT2D eigenvalue weighted by Gasteiger charge is 2.21. The number of rotatable bonds is 7. The second kappa shape index (κ2) is 12.8. The number of ether oxygens (including phenoxy) is 1. The Morgan fingerprint density at radius 1 is 1.05 bits per heavy atom. The number of hydrogen-bond donors (Lipinski definition) is 2. The van der Waals surface area contributed by atoms with Crippen LogP contribution in [-0.2, 0) is 11.2 Å². The van der Waals surface area contributed by atoms with Gasteiger partial charge in [0.05, 0.1) is 29.3 Å². The number of fused-ring (bicyclic) bond motifs is 1. The topological polar surface area (TPSA) is 101 Å². The fourth-order valence-electron chi connectivity index (χ4n) is 5.27. The lowest BCUT2D eigenvalue weighted by Crippen LogP contribution is -2.40. The summed E-state index contributed by atoms with van der Waals surface area (Å²) in [5, 5.41) is 1.20. The van der Waals surface area contributed by atoms with Crippen molar-refractivity contribution >= 4 is 46.0 Å². The van der Waals surface area contributed by atoms with Crippen LogP contribution < -0.4 is 11.3 Å². The zero-order valence-corrected chi connectivity index (χ0v) is 25.6. The van der Waals surface area contributed by atoms with Gasteiger partial charge in [-0.05, 0) is 84.1 Å². The molecule has 3 aromatic carbocycles. The van der Waals surface area contributed by atoms with E-state index in [4.69, 9.17) is 22.1 Å². The number of nitrogens with one attached hydrogen (secondary N) is 1. The second-order valence-corrected chi connectivity index (χ2v) is 12.2. The molecule has 1 aliphatic rings. The third-order valence-corrected chi connectivity index (χ3v) is 9.05. The van der Waals surface area contributed by atoms with Crippen LogP contribution in [0.25, 0.3) is 33.2 Å². The highest BCUT2D eigenvalue weighted by molar-refractivity contribution is 7.99. The molecule has 224 valence electrons. The van der Waals surface area contributed by atoms with Crippen LogP contribution in [0.4, 0.5) is 10.2 Å². The van der Waals surface area contributed by atoms with Crippen molar-refractivity contribution < 1.29 is 13.9 Å². The zero-order chi connectivity index (χ0) is 30.8. The molecule has 5 aromatic rings. The Morgan fingerprint density at radius 3 is 2.61 bits per heavy atom. The number of thioether (sulfide) groups is 1. The third kappa shape index (κ3) is 6.36. The first-order valence-corrected chi connectivity index (χ1v) is 15.6. The summed E-state index contributed by atoms with van der Waals surface area (Å²) in [6, 6.07) is 20.1. The first kappa shape index (κ1) is 29.9. The maximum absolute atomic E-state index is 14.2. The lowest BCUT2D eigenvalue weighted by Gasteiger charge is -2.27. The summed E-state index contributed by atoms with van der Waals surface area (Å²) >= 11 is 7.98. The number of halogens is 2. The minimum atomic E-state index is -0.248. The Kier molecular flexibility index (Phi) is 8.70. The number of aromatic amines is 1. The minimum absolute atomic E-state index is 0.125. The van der Waals surface area contributed by atoms with Gasteiger partial charge in [0.15, 0.2) is 0 Å². The molecule has 44 heavy (non-hydrogen) atoms. The van der Waals surface area contributed by atoms with E-state index in [-0.39, 0.29) is 17.3 Å². The molecule has 0 bridgehead atoms. The number of anilines is 1.